The molecular weight excluding hydrogens is 1010 g/mol. The van der Waals surface area contributed by atoms with Crippen LogP contribution in [0.5, 0.6) is 11.5 Å². The third-order valence-electron chi connectivity index (χ3n) is 12.2. The molecule has 0 spiro atoms. The number of rotatable bonds is 8. The SMILES string of the molecule is [2H]c1cc(-c2cccc(-c3c([2H])c([2H])c([2H])c([2H])c3[2H])c2-[n+]2[c-]n(-c3[c-]c(Oc4[c-]c5c(cc4)c4cc(-c6ccc(C(C)(C)C)cc6)ccc4n5-c4cc(C(C)(C)C)ccn4)ccc3)c3ccccc32)c([2H])c([2H])c1[2H].[Pt]. The average Bonchev–Trinajstić information content (AvgIpc) is 4.09. The molecule has 6 heteroatoms. The minimum atomic E-state index is -0.544. The summed E-state index contributed by atoms with van der Waals surface area (Å²) in [7, 11) is 0. The Labute approximate surface area is 425 Å². The van der Waals surface area contributed by atoms with Crippen LogP contribution in [0.2, 0.25) is 0 Å². The van der Waals surface area contributed by atoms with Crippen LogP contribution < -0.4 is 9.30 Å². The molecule has 0 unspecified atom stereocenters. The number of hydrogen-bond acceptors (Lipinski definition) is 2. The van der Waals surface area contributed by atoms with Gasteiger partial charge in [-0.05, 0) is 84.6 Å². The van der Waals surface area contributed by atoms with Gasteiger partial charge in [-0.2, -0.15) is 18.2 Å². The van der Waals surface area contributed by atoms with E-state index in [4.69, 9.17) is 22.1 Å². The molecular formula is C62H50N4OPt-2. The van der Waals surface area contributed by atoms with Crippen molar-refractivity contribution >= 4 is 32.8 Å². The minimum Gasteiger partial charge on any atom is -0.510 e. The van der Waals surface area contributed by atoms with E-state index in [1.807, 2.05) is 48.7 Å². The van der Waals surface area contributed by atoms with E-state index in [2.05, 4.69) is 125 Å². The zero-order valence-electron chi connectivity index (χ0n) is 47.3. The predicted octanol–water partition coefficient (Wildman–Crippen LogP) is 15.2. The third kappa shape index (κ3) is 8.26. The Morgan fingerprint density at radius 2 is 1.25 bits per heavy atom. The zero-order valence-corrected chi connectivity index (χ0v) is 40.6. The van der Waals surface area contributed by atoms with Gasteiger partial charge in [0.15, 0.2) is 0 Å². The maximum absolute atomic E-state index is 9.04. The Kier molecular flexibility index (Phi) is 9.09. The average molecular weight is 1070 g/mol. The van der Waals surface area contributed by atoms with E-state index in [0.29, 0.717) is 33.8 Å². The summed E-state index contributed by atoms with van der Waals surface area (Å²) in [5.74, 6) is 1.57. The molecule has 0 aliphatic carbocycles. The number of imidazole rings is 1. The van der Waals surface area contributed by atoms with Crippen LogP contribution in [0.3, 0.4) is 0 Å². The molecule has 0 aliphatic rings. The number of nitrogens with zero attached hydrogens (tertiary/aromatic N) is 4. The van der Waals surface area contributed by atoms with Crippen molar-refractivity contribution in [2.75, 3.05) is 0 Å². The van der Waals surface area contributed by atoms with Crippen molar-refractivity contribution in [2.24, 2.45) is 0 Å². The molecule has 0 amide bonds. The zero-order chi connectivity index (χ0) is 53.7. The second kappa shape index (κ2) is 17.7. The van der Waals surface area contributed by atoms with Crippen molar-refractivity contribution in [2.45, 2.75) is 52.4 Å². The van der Waals surface area contributed by atoms with Gasteiger partial charge in [0.25, 0.3) is 6.33 Å². The number of aromatic nitrogens is 4. The van der Waals surface area contributed by atoms with Gasteiger partial charge >= 0.3 is 0 Å². The molecule has 3 heterocycles. The van der Waals surface area contributed by atoms with Crippen molar-refractivity contribution in [3.8, 4) is 62.1 Å². The van der Waals surface area contributed by atoms with Gasteiger partial charge in [-0.15, -0.1) is 29.7 Å². The van der Waals surface area contributed by atoms with E-state index in [-0.39, 0.29) is 66.4 Å². The molecule has 11 aromatic rings. The van der Waals surface area contributed by atoms with Crippen molar-refractivity contribution in [3.63, 3.8) is 0 Å². The first-order chi connectivity index (χ1) is 36.2. The van der Waals surface area contributed by atoms with E-state index in [1.165, 1.54) is 11.6 Å². The van der Waals surface area contributed by atoms with Crippen molar-refractivity contribution in [3.05, 3.63) is 224 Å². The molecule has 336 valence electrons. The van der Waals surface area contributed by atoms with E-state index in [0.717, 1.165) is 44.3 Å². The fourth-order valence-electron chi connectivity index (χ4n) is 8.73. The van der Waals surface area contributed by atoms with Gasteiger partial charge in [0, 0.05) is 44.3 Å². The Balaban J connectivity index is 0.00000672. The van der Waals surface area contributed by atoms with Gasteiger partial charge in [-0.3, -0.25) is 4.57 Å². The van der Waals surface area contributed by atoms with Gasteiger partial charge in [0.1, 0.15) is 5.82 Å². The molecule has 0 N–H and O–H groups in total. The molecule has 3 aromatic heterocycles. The quantitative estimate of drug-likeness (QED) is 0.112. The molecule has 5 nitrogen and oxygen atoms in total. The normalized spacial score (nSPS) is 13.7. The summed E-state index contributed by atoms with van der Waals surface area (Å²) in [6, 6.07) is 45.9. The van der Waals surface area contributed by atoms with Gasteiger partial charge in [0.05, 0.1) is 29.1 Å². The molecule has 0 aliphatic heterocycles. The van der Waals surface area contributed by atoms with Crippen LogP contribution in [0.25, 0.3) is 83.4 Å². The summed E-state index contributed by atoms with van der Waals surface area (Å²) in [6.45, 7) is 13.2. The van der Waals surface area contributed by atoms with Crippen LogP contribution >= 0.6 is 0 Å². The number of pyridine rings is 1. The van der Waals surface area contributed by atoms with Crippen molar-refractivity contribution < 1.29 is 42.7 Å². The Hall–Kier alpha value is -7.33. The van der Waals surface area contributed by atoms with Crippen LogP contribution in [-0.2, 0) is 31.9 Å². The Morgan fingerprint density at radius 1 is 0.559 bits per heavy atom. The Morgan fingerprint density at radius 3 is 2.03 bits per heavy atom. The van der Waals surface area contributed by atoms with Crippen LogP contribution in [-0.4, -0.2) is 14.1 Å². The fraction of sp³-hybridized carbons (Fsp3) is 0.129. The van der Waals surface area contributed by atoms with Gasteiger partial charge in [-0.25, -0.2) is 4.98 Å². The van der Waals surface area contributed by atoms with Gasteiger partial charge in [0.2, 0.25) is 0 Å². The van der Waals surface area contributed by atoms with Gasteiger partial charge < -0.3 is 13.9 Å². The molecule has 0 saturated carbocycles. The first-order valence-electron chi connectivity index (χ1n) is 26.7. The first-order valence-corrected chi connectivity index (χ1v) is 22.2. The van der Waals surface area contributed by atoms with Crippen molar-refractivity contribution in [1.29, 1.82) is 0 Å². The summed E-state index contributed by atoms with van der Waals surface area (Å²) >= 11 is 0. The number of hydrogen-bond donors (Lipinski definition) is 0. The van der Waals surface area contributed by atoms with Crippen molar-refractivity contribution in [1.82, 2.24) is 14.1 Å². The molecule has 68 heavy (non-hydrogen) atoms. The summed E-state index contributed by atoms with van der Waals surface area (Å²) in [4.78, 5) is 4.91. The maximum Gasteiger partial charge on any atom is 0.268 e. The first kappa shape index (κ1) is 34.9. The largest absolute Gasteiger partial charge is 0.510 e. The van der Waals surface area contributed by atoms with Gasteiger partial charge in [-0.1, -0.05) is 186 Å². The second-order valence-corrected chi connectivity index (χ2v) is 18.7. The molecule has 8 aromatic carbocycles. The minimum absolute atomic E-state index is 0. The predicted molar refractivity (Wildman–Crippen MR) is 274 cm³/mol. The van der Waals surface area contributed by atoms with Crippen LogP contribution in [0.4, 0.5) is 0 Å². The maximum atomic E-state index is 9.04. The number of fused-ring (bicyclic) bond motifs is 4. The Bertz CT molecular complexity index is 4150. The second-order valence-electron chi connectivity index (χ2n) is 18.7. The summed E-state index contributed by atoms with van der Waals surface area (Å²) < 4.78 is 90.4. The number of benzene rings is 8. The van der Waals surface area contributed by atoms with E-state index in [9.17, 15) is 0 Å². The summed E-state index contributed by atoms with van der Waals surface area (Å²) in [5.41, 5.74) is 8.92. The van der Waals surface area contributed by atoms with Crippen LogP contribution in [0.1, 0.15) is 65.0 Å². The third-order valence-corrected chi connectivity index (χ3v) is 12.2. The molecule has 0 saturated heterocycles. The van der Waals surface area contributed by atoms with E-state index >= 15 is 0 Å². The molecule has 11 rings (SSSR count). The number of ether oxygens (including phenoxy) is 1. The topological polar surface area (TPSA) is 35.9 Å². The molecule has 0 bridgehead atoms. The van der Waals surface area contributed by atoms with E-state index < -0.39 is 42.3 Å². The standard InChI is InChI=1S/C62H50N4O.Pt/c1-61(2,3)46-30-27-42(28-31-46)45-29-34-55-54(37-45)53-33-32-50(40-58(53)66(55)59-38-47(35-36-63-59)62(4,5)6)67-49-22-15-21-48(39-49)64-41-65(57-26-14-13-25-56(57)64)60-51(43-17-9-7-10-18-43)23-16-24-52(60)44-19-11-8-12-20-44;/h7-38H,1-6H3;/q-2;/i7D,8D,9D,10D,11D,12D,17D,18D,19D;. The van der Waals surface area contributed by atoms with Crippen LogP contribution in [0.15, 0.2) is 194 Å². The summed E-state index contributed by atoms with van der Waals surface area (Å²) in [6.07, 6.45) is 5.31. The number of para-hydroxylation sites is 3. The summed E-state index contributed by atoms with van der Waals surface area (Å²) in [5, 5.41) is 2.02. The molecule has 0 radical (unpaired) electrons. The molecule has 0 fully saturated rings. The molecule has 0 atom stereocenters. The van der Waals surface area contributed by atoms with E-state index in [1.54, 1.807) is 33.4 Å². The monoisotopic (exact) mass is 1070 g/mol. The fourth-order valence-corrected chi connectivity index (χ4v) is 8.73. The smallest absolute Gasteiger partial charge is 0.268 e. The van der Waals surface area contributed by atoms with Crippen LogP contribution in [0, 0.1) is 18.5 Å².